The molecule has 1 aromatic rings. The molecule has 2 aliphatic rings. The van der Waals surface area contributed by atoms with Crippen molar-refractivity contribution in [3.05, 3.63) is 35.4 Å². The lowest BCUT2D eigenvalue weighted by Gasteiger charge is -2.23. The highest BCUT2D eigenvalue weighted by molar-refractivity contribution is 5.30. The number of benzene rings is 1. The smallest absolute Gasteiger partial charge is 0.0635 e. The largest absolute Gasteiger partial charge is 0.312 e. The topological polar surface area (TPSA) is 35.8 Å². The quantitative estimate of drug-likeness (QED) is 0.825. The number of hydrogen-bond acceptors (Lipinski definition) is 2. The second-order valence-electron chi connectivity index (χ2n) is 5.66. The third-order valence-electron chi connectivity index (χ3n) is 4.62. The SMILES string of the molecule is N#CCCNC1C2CCC1Cc1ccccc1C2. The minimum Gasteiger partial charge on any atom is -0.312 e. The third-order valence-corrected chi connectivity index (χ3v) is 4.62. The molecule has 0 saturated heterocycles. The normalized spacial score (nSPS) is 29.4. The van der Waals surface area contributed by atoms with Gasteiger partial charge < -0.3 is 5.32 Å². The van der Waals surface area contributed by atoms with E-state index in [1.165, 1.54) is 25.7 Å². The molecule has 2 bridgehead atoms. The van der Waals surface area contributed by atoms with Crippen molar-refractivity contribution in [3.63, 3.8) is 0 Å². The second-order valence-corrected chi connectivity index (χ2v) is 5.66. The van der Waals surface area contributed by atoms with E-state index in [1.807, 2.05) is 0 Å². The van der Waals surface area contributed by atoms with Gasteiger partial charge in [0, 0.05) is 19.0 Å². The van der Waals surface area contributed by atoms with Crippen LogP contribution in [-0.2, 0) is 12.8 Å². The van der Waals surface area contributed by atoms with Crippen molar-refractivity contribution in [2.75, 3.05) is 6.54 Å². The van der Waals surface area contributed by atoms with Gasteiger partial charge in [-0.15, -0.1) is 0 Å². The molecule has 1 N–H and O–H groups in total. The number of rotatable bonds is 3. The van der Waals surface area contributed by atoms with Crippen LogP contribution >= 0.6 is 0 Å². The molecule has 2 unspecified atom stereocenters. The highest BCUT2D eigenvalue weighted by atomic mass is 14.9. The highest BCUT2D eigenvalue weighted by Gasteiger charge is 2.38. The van der Waals surface area contributed by atoms with Crippen LogP contribution in [0.3, 0.4) is 0 Å². The first-order chi connectivity index (χ1) is 8.88. The molecule has 0 aromatic heterocycles. The van der Waals surface area contributed by atoms with Crippen LogP contribution < -0.4 is 5.32 Å². The molecule has 0 spiro atoms. The Balaban J connectivity index is 1.76. The van der Waals surface area contributed by atoms with Crippen LogP contribution in [-0.4, -0.2) is 12.6 Å². The van der Waals surface area contributed by atoms with Gasteiger partial charge >= 0.3 is 0 Å². The lowest BCUT2D eigenvalue weighted by atomic mass is 9.94. The Hall–Kier alpha value is -1.33. The Kier molecular flexibility index (Phi) is 3.34. The molecule has 2 atom stereocenters. The lowest BCUT2D eigenvalue weighted by molar-refractivity contribution is 0.345. The number of hydrogen-bond donors (Lipinski definition) is 1. The molecule has 3 rings (SSSR count). The fourth-order valence-corrected chi connectivity index (χ4v) is 3.78. The molecule has 0 radical (unpaired) electrons. The van der Waals surface area contributed by atoms with Crippen molar-refractivity contribution in [2.24, 2.45) is 11.8 Å². The summed E-state index contributed by atoms with van der Waals surface area (Å²) in [4.78, 5) is 0. The summed E-state index contributed by atoms with van der Waals surface area (Å²) < 4.78 is 0. The van der Waals surface area contributed by atoms with Crippen LogP contribution in [0.4, 0.5) is 0 Å². The molecular formula is C16H20N2. The average Bonchev–Trinajstić information content (AvgIpc) is 2.66. The van der Waals surface area contributed by atoms with Crippen molar-refractivity contribution < 1.29 is 0 Å². The minimum absolute atomic E-state index is 0.628. The monoisotopic (exact) mass is 240 g/mol. The second kappa shape index (κ2) is 5.12. The van der Waals surface area contributed by atoms with Crippen LogP contribution in [0.25, 0.3) is 0 Å². The van der Waals surface area contributed by atoms with Gasteiger partial charge in [-0.25, -0.2) is 0 Å². The predicted octanol–water partition coefficient (Wildman–Crippen LogP) is 2.68. The van der Waals surface area contributed by atoms with E-state index in [4.69, 9.17) is 5.26 Å². The molecule has 1 aromatic carbocycles. The van der Waals surface area contributed by atoms with E-state index in [0.29, 0.717) is 12.5 Å². The van der Waals surface area contributed by atoms with Gasteiger partial charge in [-0.2, -0.15) is 5.26 Å². The zero-order chi connectivity index (χ0) is 12.4. The summed E-state index contributed by atoms with van der Waals surface area (Å²) >= 11 is 0. The van der Waals surface area contributed by atoms with Gasteiger partial charge in [-0.1, -0.05) is 24.3 Å². The zero-order valence-corrected chi connectivity index (χ0v) is 10.7. The summed E-state index contributed by atoms with van der Waals surface area (Å²) in [5, 5.41) is 12.3. The van der Waals surface area contributed by atoms with E-state index in [1.54, 1.807) is 11.1 Å². The van der Waals surface area contributed by atoms with Crippen LogP contribution in [0, 0.1) is 23.2 Å². The van der Waals surface area contributed by atoms with Gasteiger partial charge in [0.1, 0.15) is 0 Å². The van der Waals surface area contributed by atoms with Crippen molar-refractivity contribution >= 4 is 0 Å². The maximum atomic E-state index is 8.65. The van der Waals surface area contributed by atoms with Crippen LogP contribution in [0.5, 0.6) is 0 Å². The molecule has 0 aliphatic heterocycles. The van der Waals surface area contributed by atoms with Gasteiger partial charge in [0.25, 0.3) is 0 Å². The molecule has 1 fully saturated rings. The first kappa shape index (κ1) is 11.7. The summed E-state index contributed by atoms with van der Waals surface area (Å²) in [7, 11) is 0. The number of nitrogens with zero attached hydrogens (tertiary/aromatic N) is 1. The fraction of sp³-hybridized carbons (Fsp3) is 0.562. The maximum absolute atomic E-state index is 8.65. The molecule has 0 amide bonds. The van der Waals surface area contributed by atoms with E-state index in [9.17, 15) is 0 Å². The van der Waals surface area contributed by atoms with E-state index in [-0.39, 0.29) is 0 Å². The highest BCUT2D eigenvalue weighted by Crippen LogP contribution is 2.39. The Morgan fingerprint density at radius 1 is 1.11 bits per heavy atom. The predicted molar refractivity (Wildman–Crippen MR) is 72.1 cm³/mol. The van der Waals surface area contributed by atoms with Crippen molar-refractivity contribution in [2.45, 2.75) is 38.1 Å². The summed E-state index contributed by atoms with van der Waals surface area (Å²) in [5.74, 6) is 1.55. The van der Waals surface area contributed by atoms with E-state index < -0.39 is 0 Å². The Labute approximate surface area is 109 Å². The summed E-state index contributed by atoms with van der Waals surface area (Å²) in [6.07, 6.45) is 5.77. The summed E-state index contributed by atoms with van der Waals surface area (Å²) in [6.45, 7) is 0.852. The molecule has 18 heavy (non-hydrogen) atoms. The summed E-state index contributed by atoms with van der Waals surface area (Å²) in [5.41, 5.74) is 3.11. The van der Waals surface area contributed by atoms with Crippen molar-refractivity contribution in [1.82, 2.24) is 5.32 Å². The number of nitrogens with one attached hydrogen (secondary N) is 1. The van der Waals surface area contributed by atoms with Crippen LogP contribution in [0.1, 0.15) is 30.4 Å². The third kappa shape index (κ3) is 2.15. The Bertz CT molecular complexity index is 427. The molecular weight excluding hydrogens is 220 g/mol. The maximum Gasteiger partial charge on any atom is 0.0635 e. The first-order valence-corrected chi connectivity index (χ1v) is 7.05. The van der Waals surface area contributed by atoms with Crippen molar-refractivity contribution in [3.8, 4) is 6.07 Å². The Morgan fingerprint density at radius 3 is 2.28 bits per heavy atom. The molecule has 94 valence electrons. The first-order valence-electron chi connectivity index (χ1n) is 7.05. The van der Waals surface area contributed by atoms with E-state index in [2.05, 4.69) is 35.7 Å². The standard InChI is InChI=1S/C16H20N2/c17-8-3-9-18-16-14-6-7-15(16)11-13-5-2-1-4-12(13)10-14/h1-2,4-5,14-16,18H,3,6-7,9-11H2. The zero-order valence-electron chi connectivity index (χ0n) is 10.7. The van der Waals surface area contributed by atoms with Gasteiger partial charge in [-0.3, -0.25) is 0 Å². The lowest BCUT2D eigenvalue weighted by Crippen LogP contribution is -2.38. The minimum atomic E-state index is 0.628. The molecule has 2 nitrogen and oxygen atoms in total. The van der Waals surface area contributed by atoms with Gasteiger partial charge in [0.05, 0.1) is 6.07 Å². The van der Waals surface area contributed by atoms with Gasteiger partial charge in [0.2, 0.25) is 0 Å². The van der Waals surface area contributed by atoms with E-state index >= 15 is 0 Å². The van der Waals surface area contributed by atoms with Crippen LogP contribution in [0.15, 0.2) is 24.3 Å². The van der Waals surface area contributed by atoms with E-state index in [0.717, 1.165) is 18.4 Å². The Morgan fingerprint density at radius 2 is 1.72 bits per heavy atom. The molecule has 1 saturated carbocycles. The average molecular weight is 240 g/mol. The molecule has 2 aliphatic carbocycles. The number of nitriles is 1. The van der Waals surface area contributed by atoms with Crippen LogP contribution in [0.2, 0.25) is 0 Å². The molecule has 2 heteroatoms. The van der Waals surface area contributed by atoms with Gasteiger partial charge in [0.15, 0.2) is 0 Å². The fourth-order valence-electron chi connectivity index (χ4n) is 3.78. The number of fused-ring (bicyclic) bond motifs is 3. The molecule has 0 heterocycles. The van der Waals surface area contributed by atoms with Crippen molar-refractivity contribution in [1.29, 1.82) is 5.26 Å². The van der Waals surface area contributed by atoms with Gasteiger partial charge in [-0.05, 0) is 48.6 Å². The summed E-state index contributed by atoms with van der Waals surface area (Å²) in [6, 6.07) is 11.8.